The average Bonchev–Trinajstić information content (AvgIpc) is 2.52. The van der Waals surface area contributed by atoms with Gasteiger partial charge in [-0.25, -0.2) is 9.59 Å². The highest BCUT2D eigenvalue weighted by Crippen LogP contribution is 2.09. The van der Waals surface area contributed by atoms with Gasteiger partial charge in [0.2, 0.25) is 0 Å². The predicted molar refractivity (Wildman–Crippen MR) is 85.5 cm³/mol. The van der Waals surface area contributed by atoms with E-state index in [0.717, 1.165) is 12.2 Å². The molecular formula is C16H27NO6. The highest BCUT2D eigenvalue weighted by molar-refractivity contribution is 5.81. The van der Waals surface area contributed by atoms with Crippen molar-refractivity contribution in [3.05, 3.63) is 25.3 Å². The molecule has 0 saturated heterocycles. The molecule has 132 valence electrons. The average molecular weight is 329 g/mol. The maximum atomic E-state index is 11.1. The Balaban J connectivity index is 4.22. The summed E-state index contributed by atoms with van der Waals surface area (Å²) in [6.45, 7) is 11.5. The third kappa shape index (κ3) is 11.5. The largest absolute Gasteiger partial charge is 0.462 e. The quantitative estimate of drug-likeness (QED) is 0.234. The number of hydrogen-bond acceptors (Lipinski definition) is 7. The van der Waals surface area contributed by atoms with Crippen molar-refractivity contribution >= 4 is 11.9 Å². The van der Waals surface area contributed by atoms with Gasteiger partial charge in [0.1, 0.15) is 5.72 Å². The van der Waals surface area contributed by atoms with Crippen LogP contribution in [0.1, 0.15) is 20.3 Å². The molecule has 1 atom stereocenters. The summed E-state index contributed by atoms with van der Waals surface area (Å²) in [6, 6.07) is 0. The first-order valence-electron chi connectivity index (χ1n) is 7.43. The first-order valence-corrected chi connectivity index (χ1v) is 7.43. The van der Waals surface area contributed by atoms with Gasteiger partial charge in [-0.3, -0.25) is 0 Å². The minimum absolute atomic E-state index is 0.0562. The topological polar surface area (TPSA) is 97.1 Å². The van der Waals surface area contributed by atoms with Crippen LogP contribution in [0.4, 0.5) is 0 Å². The molecule has 0 aliphatic heterocycles. The van der Waals surface area contributed by atoms with E-state index in [-0.39, 0.29) is 25.7 Å². The lowest BCUT2D eigenvalue weighted by Crippen LogP contribution is -2.40. The van der Waals surface area contributed by atoms with Crippen LogP contribution >= 0.6 is 0 Å². The summed E-state index contributed by atoms with van der Waals surface area (Å²) in [6.07, 6.45) is 2.64. The lowest BCUT2D eigenvalue weighted by atomic mass is 10.2. The molecule has 0 fully saturated rings. The highest BCUT2D eigenvalue weighted by Gasteiger charge is 2.19. The molecule has 0 bridgehead atoms. The van der Waals surface area contributed by atoms with Crippen LogP contribution in [0.25, 0.3) is 0 Å². The molecule has 0 aliphatic rings. The van der Waals surface area contributed by atoms with Gasteiger partial charge in [-0.1, -0.05) is 13.2 Å². The van der Waals surface area contributed by atoms with Gasteiger partial charge < -0.3 is 24.7 Å². The number of carbonyl (C=O) groups is 2. The van der Waals surface area contributed by atoms with Gasteiger partial charge in [-0.15, -0.1) is 0 Å². The lowest BCUT2D eigenvalue weighted by Gasteiger charge is -2.24. The van der Waals surface area contributed by atoms with Crippen LogP contribution < -0.4 is 5.73 Å². The molecule has 23 heavy (non-hydrogen) atoms. The second-order valence-corrected chi connectivity index (χ2v) is 5.10. The van der Waals surface area contributed by atoms with Crippen LogP contribution in [0.2, 0.25) is 0 Å². The van der Waals surface area contributed by atoms with Crippen LogP contribution in [-0.4, -0.2) is 50.7 Å². The fourth-order valence-electron chi connectivity index (χ4n) is 1.59. The van der Waals surface area contributed by atoms with Gasteiger partial charge in [0.05, 0.1) is 32.3 Å². The van der Waals surface area contributed by atoms with Crippen LogP contribution in [-0.2, 0) is 28.5 Å². The minimum Gasteiger partial charge on any atom is -0.462 e. The SMILES string of the molecule is C=CC(=O)OCC(COCCC(C)(N)OCC)COC(=O)C=C. The first kappa shape index (κ1) is 21.3. The summed E-state index contributed by atoms with van der Waals surface area (Å²) in [7, 11) is 0. The Morgan fingerprint density at radius 1 is 1.13 bits per heavy atom. The van der Waals surface area contributed by atoms with Crippen LogP contribution in [0.5, 0.6) is 0 Å². The van der Waals surface area contributed by atoms with Crippen LogP contribution in [0.15, 0.2) is 25.3 Å². The second-order valence-electron chi connectivity index (χ2n) is 5.10. The summed E-state index contributed by atoms with van der Waals surface area (Å²) in [5.74, 6) is -1.38. The van der Waals surface area contributed by atoms with Gasteiger partial charge in [0.25, 0.3) is 0 Å². The zero-order chi connectivity index (χ0) is 17.7. The Kier molecular flexibility index (Phi) is 10.9. The van der Waals surface area contributed by atoms with Gasteiger partial charge in [0.15, 0.2) is 0 Å². The van der Waals surface area contributed by atoms with Crippen molar-refractivity contribution in [3.8, 4) is 0 Å². The van der Waals surface area contributed by atoms with Crippen molar-refractivity contribution < 1.29 is 28.5 Å². The number of nitrogens with two attached hydrogens (primary N) is 1. The van der Waals surface area contributed by atoms with E-state index in [9.17, 15) is 9.59 Å². The highest BCUT2D eigenvalue weighted by atomic mass is 16.6. The third-order valence-corrected chi connectivity index (χ3v) is 2.83. The van der Waals surface area contributed by atoms with Crippen LogP contribution in [0.3, 0.4) is 0 Å². The van der Waals surface area contributed by atoms with Crippen molar-refractivity contribution in [2.75, 3.05) is 33.0 Å². The van der Waals surface area contributed by atoms with Gasteiger partial charge in [0, 0.05) is 25.2 Å². The minimum atomic E-state index is -0.755. The summed E-state index contributed by atoms with van der Waals surface area (Å²) < 4.78 is 20.8. The smallest absolute Gasteiger partial charge is 0.330 e. The molecule has 0 rings (SSSR count). The number of rotatable bonds is 13. The van der Waals surface area contributed by atoms with Crippen molar-refractivity contribution in [1.82, 2.24) is 0 Å². The van der Waals surface area contributed by atoms with E-state index in [1.54, 1.807) is 6.92 Å². The van der Waals surface area contributed by atoms with Gasteiger partial charge >= 0.3 is 11.9 Å². The second kappa shape index (κ2) is 11.8. The molecule has 7 heteroatoms. The summed E-state index contributed by atoms with van der Waals surface area (Å²) in [4.78, 5) is 22.2. The molecule has 0 radical (unpaired) electrons. The normalized spacial score (nSPS) is 13.2. The zero-order valence-electron chi connectivity index (χ0n) is 13.9. The van der Waals surface area contributed by atoms with Crippen molar-refractivity contribution in [3.63, 3.8) is 0 Å². The number of hydrogen-bond donors (Lipinski definition) is 1. The molecule has 2 N–H and O–H groups in total. The molecule has 1 unspecified atom stereocenters. The predicted octanol–water partition coefficient (Wildman–Crippen LogP) is 1.18. The Morgan fingerprint density at radius 2 is 1.65 bits per heavy atom. The Labute approximate surface area is 137 Å². The molecule has 0 spiro atoms. The molecule has 0 aromatic carbocycles. The van der Waals surface area contributed by atoms with E-state index in [4.69, 9.17) is 24.7 Å². The molecule has 0 aliphatic carbocycles. The molecule has 0 aromatic rings. The number of carbonyl (C=O) groups excluding carboxylic acids is 2. The van der Waals surface area contributed by atoms with E-state index < -0.39 is 17.7 Å². The monoisotopic (exact) mass is 329 g/mol. The van der Waals surface area contributed by atoms with E-state index >= 15 is 0 Å². The van der Waals surface area contributed by atoms with Gasteiger partial charge in [-0.05, 0) is 13.8 Å². The Hall–Kier alpha value is -1.70. The number of ether oxygens (including phenoxy) is 4. The molecule has 0 amide bonds. The zero-order valence-corrected chi connectivity index (χ0v) is 13.9. The standard InChI is InChI=1S/C16H27NO6/c1-5-14(18)21-11-13(12-22-15(19)6-2)10-20-9-8-16(4,17)23-7-3/h5-6,13H,1-2,7-12,17H2,3-4H3. The third-order valence-electron chi connectivity index (χ3n) is 2.83. The van der Waals surface area contributed by atoms with Crippen molar-refractivity contribution in [1.29, 1.82) is 0 Å². The Bertz CT molecular complexity index is 370. The summed E-state index contributed by atoms with van der Waals surface area (Å²) in [5.41, 5.74) is 5.16. The number of esters is 2. The summed E-state index contributed by atoms with van der Waals surface area (Å²) >= 11 is 0. The van der Waals surface area contributed by atoms with Crippen molar-refractivity contribution in [2.24, 2.45) is 11.7 Å². The van der Waals surface area contributed by atoms with E-state index in [1.807, 2.05) is 6.92 Å². The fourth-order valence-corrected chi connectivity index (χ4v) is 1.59. The first-order chi connectivity index (χ1) is 10.8. The van der Waals surface area contributed by atoms with Crippen molar-refractivity contribution in [2.45, 2.75) is 26.0 Å². The molecule has 0 aromatic heterocycles. The molecular weight excluding hydrogens is 302 g/mol. The fraction of sp³-hybridized carbons (Fsp3) is 0.625. The lowest BCUT2D eigenvalue weighted by molar-refractivity contribution is -0.144. The Morgan fingerprint density at radius 3 is 2.09 bits per heavy atom. The molecule has 7 nitrogen and oxygen atoms in total. The molecule has 0 saturated carbocycles. The van der Waals surface area contributed by atoms with E-state index in [2.05, 4.69) is 13.2 Å². The van der Waals surface area contributed by atoms with E-state index in [0.29, 0.717) is 19.6 Å². The maximum absolute atomic E-state index is 11.1. The van der Waals surface area contributed by atoms with E-state index in [1.165, 1.54) is 0 Å². The maximum Gasteiger partial charge on any atom is 0.330 e. The van der Waals surface area contributed by atoms with Gasteiger partial charge in [-0.2, -0.15) is 0 Å². The molecule has 0 heterocycles. The summed E-state index contributed by atoms with van der Waals surface area (Å²) in [5, 5.41) is 0. The van der Waals surface area contributed by atoms with Crippen LogP contribution in [0, 0.1) is 5.92 Å².